The third-order valence-corrected chi connectivity index (χ3v) is 8.44. The van der Waals surface area contributed by atoms with E-state index in [0.717, 1.165) is 45.3 Å². The Kier molecular flexibility index (Phi) is 6.84. The van der Waals surface area contributed by atoms with Crippen molar-refractivity contribution in [2.75, 3.05) is 11.1 Å². The van der Waals surface area contributed by atoms with Crippen molar-refractivity contribution in [2.24, 2.45) is 0 Å². The molecule has 3 heterocycles. The summed E-state index contributed by atoms with van der Waals surface area (Å²) < 4.78 is 5.89. The minimum absolute atomic E-state index is 0.114. The molecule has 1 aliphatic rings. The van der Waals surface area contributed by atoms with Crippen LogP contribution in [0.5, 0.6) is 5.75 Å². The Balaban J connectivity index is 1.37. The lowest BCUT2D eigenvalue weighted by molar-refractivity contribution is -0.113. The fourth-order valence-corrected chi connectivity index (χ4v) is 6.65. The molecule has 0 fully saturated rings. The van der Waals surface area contributed by atoms with Gasteiger partial charge in [0.25, 0.3) is 0 Å². The van der Waals surface area contributed by atoms with Gasteiger partial charge in [-0.1, -0.05) is 48.2 Å². The second-order valence-electron chi connectivity index (χ2n) is 7.63. The van der Waals surface area contributed by atoms with Crippen molar-refractivity contribution in [3.63, 3.8) is 0 Å². The molecule has 5 rings (SSSR count). The molecule has 7 nitrogen and oxygen atoms in total. The normalized spacial score (nSPS) is 13.1. The molecule has 0 saturated heterocycles. The number of carbonyl (C=O) groups is 1. The highest BCUT2D eigenvalue weighted by Gasteiger charge is 2.22. The van der Waals surface area contributed by atoms with Crippen molar-refractivity contribution in [1.82, 2.24) is 20.2 Å². The Hall–Kier alpha value is -2.56. The van der Waals surface area contributed by atoms with E-state index in [1.165, 1.54) is 46.4 Å². The van der Waals surface area contributed by atoms with Gasteiger partial charge in [0.05, 0.1) is 5.75 Å². The highest BCUT2D eigenvalue weighted by Crippen LogP contribution is 2.39. The van der Waals surface area contributed by atoms with Crippen LogP contribution in [0.3, 0.4) is 0 Å². The Morgan fingerprint density at radius 3 is 2.79 bits per heavy atom. The number of carbonyl (C=O) groups excluding carboxylic acids is 1. The smallest absolute Gasteiger partial charge is 0.236 e. The lowest BCUT2D eigenvalue weighted by Crippen LogP contribution is -2.14. The van der Waals surface area contributed by atoms with E-state index in [2.05, 4.69) is 15.5 Å². The number of thioether (sulfide) groups is 1. The molecule has 0 radical (unpaired) electrons. The highest BCUT2D eigenvalue weighted by atomic mass is 32.2. The van der Waals surface area contributed by atoms with Gasteiger partial charge in [-0.15, -0.1) is 21.5 Å². The van der Waals surface area contributed by atoms with Crippen molar-refractivity contribution in [3.8, 4) is 5.75 Å². The number of rotatable bonds is 8. The summed E-state index contributed by atoms with van der Waals surface area (Å²) in [5.74, 6) is 1.54. The number of fused-ring (bicyclic) bond motifs is 3. The van der Waals surface area contributed by atoms with E-state index < -0.39 is 0 Å². The zero-order valence-corrected chi connectivity index (χ0v) is 20.6. The number of thiophene rings is 1. The summed E-state index contributed by atoms with van der Waals surface area (Å²) in [6.45, 7) is 2.30. The van der Waals surface area contributed by atoms with Gasteiger partial charge < -0.3 is 4.74 Å². The van der Waals surface area contributed by atoms with Crippen LogP contribution in [-0.4, -0.2) is 31.8 Å². The standard InChI is InChI=1S/C23H23N5O2S3/c1-2-19-27-28-23(33-19)26-18(29)13-31-21-20-15-10-6-7-11-16(15)32-22(20)25-17(24-21)12-30-14-8-4-3-5-9-14/h3-5,8-9H,2,6-7,10-13H2,1H3,(H,26,28,29). The molecular formula is C23H23N5O2S3. The third-order valence-electron chi connectivity index (χ3n) is 5.29. The van der Waals surface area contributed by atoms with Crippen LogP contribution in [0.4, 0.5) is 5.13 Å². The van der Waals surface area contributed by atoms with E-state index in [1.807, 2.05) is 37.3 Å². The Bertz CT molecular complexity index is 1270. The number of ether oxygens (including phenoxy) is 1. The number of hydrogen-bond donors (Lipinski definition) is 1. The molecule has 0 bridgehead atoms. The van der Waals surface area contributed by atoms with Crippen molar-refractivity contribution < 1.29 is 9.53 Å². The summed E-state index contributed by atoms with van der Waals surface area (Å²) in [5.41, 5.74) is 1.36. The number of aromatic nitrogens is 4. The Labute approximate surface area is 204 Å². The Morgan fingerprint density at radius 2 is 1.97 bits per heavy atom. The van der Waals surface area contributed by atoms with Crippen LogP contribution >= 0.6 is 34.4 Å². The SMILES string of the molecule is CCc1nnc(NC(=O)CSc2nc(COc3ccccc3)nc3sc4c(c23)CCCC4)s1. The number of aryl methyl sites for hydroxylation is 3. The van der Waals surface area contributed by atoms with Gasteiger partial charge in [-0.25, -0.2) is 9.97 Å². The fraction of sp³-hybridized carbons (Fsp3) is 0.348. The van der Waals surface area contributed by atoms with Crippen LogP contribution in [0.2, 0.25) is 0 Å². The second kappa shape index (κ2) is 10.1. The first-order valence-corrected chi connectivity index (χ1v) is 13.6. The lowest BCUT2D eigenvalue weighted by Gasteiger charge is -2.12. The summed E-state index contributed by atoms with van der Waals surface area (Å²) in [7, 11) is 0. The molecule has 0 saturated carbocycles. The van der Waals surface area contributed by atoms with Crippen LogP contribution in [-0.2, 0) is 30.7 Å². The Morgan fingerprint density at radius 1 is 1.12 bits per heavy atom. The van der Waals surface area contributed by atoms with Crippen LogP contribution in [0.25, 0.3) is 10.2 Å². The maximum atomic E-state index is 12.6. The molecule has 0 aliphatic heterocycles. The number of hydrogen-bond acceptors (Lipinski definition) is 9. The molecule has 0 spiro atoms. The minimum atomic E-state index is -0.114. The monoisotopic (exact) mass is 497 g/mol. The first kappa shape index (κ1) is 22.2. The number of para-hydroxylation sites is 1. The van der Waals surface area contributed by atoms with E-state index in [0.29, 0.717) is 11.0 Å². The first-order valence-electron chi connectivity index (χ1n) is 10.9. The summed E-state index contributed by atoms with van der Waals surface area (Å²) in [4.78, 5) is 24.6. The maximum absolute atomic E-state index is 12.6. The van der Waals surface area contributed by atoms with E-state index in [9.17, 15) is 4.79 Å². The quantitative estimate of drug-likeness (QED) is 0.261. The molecule has 4 aromatic rings. The predicted octanol–water partition coefficient (Wildman–Crippen LogP) is 5.29. The van der Waals surface area contributed by atoms with Gasteiger partial charge in [-0.05, 0) is 49.8 Å². The largest absolute Gasteiger partial charge is 0.486 e. The molecule has 1 aliphatic carbocycles. The van der Waals surface area contributed by atoms with Crippen molar-refractivity contribution >= 4 is 55.7 Å². The van der Waals surface area contributed by atoms with E-state index in [4.69, 9.17) is 14.7 Å². The van der Waals surface area contributed by atoms with Gasteiger partial charge >= 0.3 is 0 Å². The van der Waals surface area contributed by atoms with Gasteiger partial charge in [-0.2, -0.15) is 0 Å². The summed E-state index contributed by atoms with van der Waals surface area (Å²) in [6, 6.07) is 9.66. The van der Waals surface area contributed by atoms with Gasteiger partial charge in [0.15, 0.2) is 5.82 Å². The first-order chi connectivity index (χ1) is 16.2. The minimum Gasteiger partial charge on any atom is -0.486 e. The predicted molar refractivity (Wildman–Crippen MR) is 133 cm³/mol. The number of nitrogens with zero attached hydrogens (tertiary/aromatic N) is 4. The van der Waals surface area contributed by atoms with Gasteiger partial charge in [0, 0.05) is 10.3 Å². The van der Waals surface area contributed by atoms with Gasteiger partial charge in [-0.3, -0.25) is 10.1 Å². The number of nitrogens with one attached hydrogen (secondary N) is 1. The van der Waals surface area contributed by atoms with E-state index in [-0.39, 0.29) is 18.3 Å². The summed E-state index contributed by atoms with van der Waals surface area (Å²) in [6.07, 6.45) is 5.33. The second-order valence-corrected chi connectivity index (χ2v) is 10.7. The van der Waals surface area contributed by atoms with Crippen LogP contribution in [0.1, 0.15) is 41.0 Å². The third kappa shape index (κ3) is 5.18. The van der Waals surface area contributed by atoms with E-state index in [1.54, 1.807) is 11.3 Å². The maximum Gasteiger partial charge on any atom is 0.236 e. The summed E-state index contributed by atoms with van der Waals surface area (Å²) in [5, 5.41) is 14.4. The number of anilines is 1. The van der Waals surface area contributed by atoms with Gasteiger partial charge in [0.1, 0.15) is 27.2 Å². The molecule has 1 N–H and O–H groups in total. The molecule has 0 unspecified atom stereocenters. The molecule has 170 valence electrons. The van der Waals surface area contributed by atoms with E-state index >= 15 is 0 Å². The van der Waals surface area contributed by atoms with Crippen molar-refractivity contribution in [1.29, 1.82) is 0 Å². The zero-order valence-electron chi connectivity index (χ0n) is 18.2. The molecule has 10 heteroatoms. The topological polar surface area (TPSA) is 89.9 Å². The average molecular weight is 498 g/mol. The highest BCUT2D eigenvalue weighted by molar-refractivity contribution is 8.00. The molecular weight excluding hydrogens is 474 g/mol. The fourth-order valence-electron chi connectivity index (χ4n) is 3.74. The number of benzene rings is 1. The zero-order chi connectivity index (χ0) is 22.6. The number of amides is 1. The molecule has 1 aromatic carbocycles. The van der Waals surface area contributed by atoms with Crippen LogP contribution < -0.4 is 10.1 Å². The van der Waals surface area contributed by atoms with Gasteiger partial charge in [0.2, 0.25) is 11.0 Å². The molecule has 3 aromatic heterocycles. The average Bonchev–Trinajstić information content (AvgIpc) is 3.46. The van der Waals surface area contributed by atoms with Crippen LogP contribution in [0.15, 0.2) is 35.4 Å². The molecule has 33 heavy (non-hydrogen) atoms. The lowest BCUT2D eigenvalue weighted by atomic mass is 9.97. The molecule has 1 amide bonds. The van der Waals surface area contributed by atoms with Crippen molar-refractivity contribution in [3.05, 3.63) is 51.6 Å². The van der Waals surface area contributed by atoms with Crippen LogP contribution in [0, 0.1) is 0 Å². The van der Waals surface area contributed by atoms with Crippen molar-refractivity contribution in [2.45, 2.75) is 50.7 Å². The molecule has 0 atom stereocenters. The summed E-state index contributed by atoms with van der Waals surface area (Å²) >= 11 is 4.61.